The van der Waals surface area contributed by atoms with Crippen molar-refractivity contribution in [1.29, 1.82) is 0 Å². The van der Waals surface area contributed by atoms with Crippen LogP contribution in [-0.2, 0) is 51.2 Å². The maximum absolute atomic E-state index is 13.9. The van der Waals surface area contributed by atoms with Crippen LogP contribution in [0.15, 0.2) is 42.9 Å². The van der Waals surface area contributed by atoms with Gasteiger partial charge >= 0.3 is 5.97 Å². The van der Waals surface area contributed by atoms with Crippen LogP contribution < -0.4 is 38.1 Å². The normalized spacial score (nSPS) is 17.1. The fourth-order valence-corrected chi connectivity index (χ4v) is 5.87. The van der Waals surface area contributed by atoms with Crippen molar-refractivity contribution in [3.63, 3.8) is 0 Å². The summed E-state index contributed by atoms with van der Waals surface area (Å²) in [5, 5.41) is 31.8. The van der Waals surface area contributed by atoms with Crippen LogP contribution in [0.5, 0.6) is 0 Å². The number of aromatic amines is 1. The summed E-state index contributed by atoms with van der Waals surface area (Å²) < 4.78 is 0. The number of primary amides is 1. The number of likely N-dealkylation sites (tertiary alicyclic amines) is 1. The lowest BCUT2D eigenvalue weighted by Gasteiger charge is -2.31. The number of benzene rings is 1. The number of H-pyrrole nitrogens is 1. The summed E-state index contributed by atoms with van der Waals surface area (Å²) in [6, 6.07) is 0.0187. The van der Waals surface area contributed by atoms with Crippen molar-refractivity contribution in [3.05, 3.63) is 54.1 Å². The van der Waals surface area contributed by atoms with E-state index in [0.29, 0.717) is 12.1 Å². The molecule has 1 aliphatic heterocycles. The number of nitrogens with one attached hydrogen (secondary N) is 6. The largest absolute Gasteiger partial charge is 0.480 e. The molecule has 1 saturated heterocycles. The van der Waals surface area contributed by atoms with Gasteiger partial charge in [-0.15, -0.1) is 0 Å². The summed E-state index contributed by atoms with van der Waals surface area (Å²) in [5.41, 5.74) is 12.0. The zero-order valence-electron chi connectivity index (χ0n) is 30.8. The molecule has 2 heterocycles. The number of aliphatic carboxylic acids is 1. The van der Waals surface area contributed by atoms with Gasteiger partial charge in [0.2, 0.25) is 41.4 Å². The molecule has 0 spiro atoms. The molecule has 1 aromatic heterocycles. The summed E-state index contributed by atoms with van der Waals surface area (Å²) >= 11 is 0. The molecular formula is C35H50N10O10. The van der Waals surface area contributed by atoms with E-state index >= 15 is 0 Å². The summed E-state index contributed by atoms with van der Waals surface area (Å²) in [4.78, 5) is 111. The standard InChI is InChI=1S/C35H50N10O10/c1-18(2)28(44-32(51)26-10-7-11-45(26)34(53)23(41-29(48)19(3)36)12-20-8-5-4-6-9-20)33(52)43-25(16-46)31(50)40-22(13-21-15-38-17-39-21)30(49)42-24(35(54)55)14-27(37)47/h4-6,8-9,15,17-19,22-26,28,46H,7,10-14,16,36H2,1-3H3,(H2,37,47)(H,38,39)(H,40,50)(H,41,48)(H,42,49)(H,43,52)(H,44,51)(H,54,55)/t19-,22-,23-,24-,25-,26-,28-/m0/s1. The van der Waals surface area contributed by atoms with E-state index in [-0.39, 0.29) is 25.8 Å². The molecule has 1 aliphatic rings. The summed E-state index contributed by atoms with van der Waals surface area (Å²) in [6.45, 7) is 4.02. The second-order valence-electron chi connectivity index (χ2n) is 13.6. The SMILES string of the molecule is CC(C)[C@H](NC(=O)[C@@H]1CCCN1C(=O)[C@H](Cc1ccccc1)NC(=O)[C@H](C)N)C(=O)N[C@@H](CO)C(=O)N[C@@H](Cc1cnc[nH]1)C(=O)N[C@@H](CC(N)=O)C(=O)O. The number of carboxylic acids is 1. The molecule has 7 atom stereocenters. The van der Waals surface area contributed by atoms with Crippen molar-refractivity contribution in [1.82, 2.24) is 41.5 Å². The Hall–Kier alpha value is -5.89. The Morgan fingerprint density at radius 2 is 1.47 bits per heavy atom. The van der Waals surface area contributed by atoms with Crippen LogP contribution in [0.3, 0.4) is 0 Å². The fourth-order valence-electron chi connectivity index (χ4n) is 5.87. The van der Waals surface area contributed by atoms with E-state index < -0.39 is 109 Å². The number of hydrogen-bond donors (Lipinski definition) is 10. The molecule has 2 aromatic rings. The minimum absolute atomic E-state index is 0.141. The van der Waals surface area contributed by atoms with Crippen LogP contribution >= 0.6 is 0 Å². The molecule has 20 nitrogen and oxygen atoms in total. The highest BCUT2D eigenvalue weighted by atomic mass is 16.4. The predicted octanol–water partition coefficient (Wildman–Crippen LogP) is -3.43. The van der Waals surface area contributed by atoms with Gasteiger partial charge in [-0.25, -0.2) is 9.78 Å². The van der Waals surface area contributed by atoms with E-state index in [2.05, 4.69) is 36.6 Å². The smallest absolute Gasteiger partial charge is 0.326 e. The minimum atomic E-state index is -1.70. The number of imidazole rings is 1. The van der Waals surface area contributed by atoms with Crippen LogP contribution in [0.1, 0.15) is 51.3 Å². The molecule has 0 radical (unpaired) electrons. The zero-order chi connectivity index (χ0) is 40.8. The molecule has 12 N–H and O–H groups in total. The van der Waals surface area contributed by atoms with Crippen molar-refractivity contribution >= 4 is 47.3 Å². The van der Waals surface area contributed by atoms with Gasteiger partial charge in [0.25, 0.3) is 0 Å². The quantitative estimate of drug-likeness (QED) is 0.0629. The minimum Gasteiger partial charge on any atom is -0.480 e. The number of carbonyl (C=O) groups is 8. The van der Waals surface area contributed by atoms with Gasteiger partial charge in [-0.1, -0.05) is 44.2 Å². The first kappa shape index (κ1) is 43.5. The summed E-state index contributed by atoms with van der Waals surface area (Å²) in [5.74, 6) is -7.70. The number of hydrogen-bond acceptors (Lipinski definition) is 11. The number of amides is 7. The lowest BCUT2D eigenvalue weighted by atomic mass is 10.0. The molecule has 55 heavy (non-hydrogen) atoms. The number of rotatable bonds is 20. The maximum Gasteiger partial charge on any atom is 0.326 e. The first-order valence-electron chi connectivity index (χ1n) is 17.7. The van der Waals surface area contributed by atoms with E-state index in [4.69, 9.17) is 11.5 Å². The van der Waals surface area contributed by atoms with Gasteiger partial charge in [0, 0.05) is 31.3 Å². The number of aliphatic hydroxyl groups is 1. The number of carbonyl (C=O) groups excluding carboxylic acids is 7. The lowest BCUT2D eigenvalue weighted by Crippen LogP contribution is -2.61. The van der Waals surface area contributed by atoms with Crippen LogP contribution in [0, 0.1) is 5.92 Å². The molecule has 3 rings (SSSR count). The zero-order valence-corrected chi connectivity index (χ0v) is 30.8. The van der Waals surface area contributed by atoms with Gasteiger partial charge in [0.15, 0.2) is 0 Å². The molecule has 1 fully saturated rings. The molecule has 7 amide bonds. The van der Waals surface area contributed by atoms with Crippen LogP contribution in [-0.4, -0.2) is 128 Å². The first-order valence-corrected chi connectivity index (χ1v) is 17.7. The predicted molar refractivity (Wildman–Crippen MR) is 194 cm³/mol. The third kappa shape index (κ3) is 12.9. The number of nitrogens with two attached hydrogens (primary N) is 2. The highest BCUT2D eigenvalue weighted by Crippen LogP contribution is 2.21. The van der Waals surface area contributed by atoms with Gasteiger partial charge in [0.1, 0.15) is 36.3 Å². The van der Waals surface area contributed by atoms with Crippen molar-refractivity contribution < 1.29 is 48.6 Å². The average Bonchev–Trinajstić information content (AvgIpc) is 3.84. The highest BCUT2D eigenvalue weighted by molar-refractivity contribution is 5.97. The Balaban J connectivity index is 1.73. The van der Waals surface area contributed by atoms with E-state index in [9.17, 15) is 48.6 Å². The third-order valence-corrected chi connectivity index (χ3v) is 8.84. The topological polar surface area (TPSA) is 321 Å². The molecule has 20 heteroatoms. The van der Waals surface area contributed by atoms with Gasteiger partial charge < -0.3 is 58.1 Å². The molecule has 0 bridgehead atoms. The lowest BCUT2D eigenvalue weighted by molar-refractivity contribution is -0.144. The molecule has 0 aliphatic carbocycles. The molecule has 0 saturated carbocycles. The van der Waals surface area contributed by atoms with Gasteiger partial charge in [0.05, 0.1) is 25.4 Å². The van der Waals surface area contributed by atoms with Gasteiger partial charge in [-0.2, -0.15) is 0 Å². The molecule has 0 unspecified atom stereocenters. The second-order valence-corrected chi connectivity index (χ2v) is 13.6. The number of nitrogens with zero attached hydrogens (tertiary/aromatic N) is 2. The van der Waals surface area contributed by atoms with Crippen LogP contribution in [0.2, 0.25) is 0 Å². The molecular weight excluding hydrogens is 720 g/mol. The van der Waals surface area contributed by atoms with E-state index in [1.807, 2.05) is 6.07 Å². The number of carboxylic acid groups (broad SMARTS) is 1. The Morgan fingerprint density at radius 3 is 2.04 bits per heavy atom. The maximum atomic E-state index is 13.9. The Morgan fingerprint density at radius 1 is 0.855 bits per heavy atom. The van der Waals surface area contributed by atoms with Crippen molar-refractivity contribution in [2.75, 3.05) is 13.2 Å². The number of aromatic nitrogens is 2. The van der Waals surface area contributed by atoms with Crippen molar-refractivity contribution in [2.45, 2.75) is 95.2 Å². The van der Waals surface area contributed by atoms with E-state index in [0.717, 1.165) is 5.56 Å². The molecule has 300 valence electrons. The van der Waals surface area contributed by atoms with Crippen LogP contribution in [0.4, 0.5) is 0 Å². The van der Waals surface area contributed by atoms with Crippen LogP contribution in [0.25, 0.3) is 0 Å². The Labute approximate surface area is 316 Å². The van der Waals surface area contributed by atoms with Gasteiger partial charge in [-0.05, 0) is 31.2 Å². The van der Waals surface area contributed by atoms with E-state index in [1.54, 1.807) is 38.1 Å². The molecule has 1 aromatic carbocycles. The summed E-state index contributed by atoms with van der Waals surface area (Å²) in [6.07, 6.45) is 2.58. The second kappa shape index (κ2) is 20.5. The summed E-state index contributed by atoms with van der Waals surface area (Å²) in [7, 11) is 0. The Bertz CT molecular complexity index is 1670. The van der Waals surface area contributed by atoms with Crippen molar-refractivity contribution in [2.24, 2.45) is 17.4 Å². The Kier molecular flexibility index (Phi) is 16.2. The first-order chi connectivity index (χ1) is 26.0. The average molecular weight is 771 g/mol. The fraction of sp³-hybridized carbons (Fsp3) is 0.514. The van der Waals surface area contributed by atoms with Gasteiger partial charge in [-0.3, -0.25) is 33.6 Å². The highest BCUT2D eigenvalue weighted by Gasteiger charge is 2.40. The number of aliphatic hydroxyl groups excluding tert-OH is 1. The van der Waals surface area contributed by atoms with E-state index in [1.165, 1.54) is 24.3 Å². The monoisotopic (exact) mass is 770 g/mol. The third-order valence-electron chi connectivity index (χ3n) is 8.84. The van der Waals surface area contributed by atoms with Crippen molar-refractivity contribution in [3.8, 4) is 0 Å².